The van der Waals surface area contributed by atoms with Crippen LogP contribution in [0.3, 0.4) is 0 Å². The van der Waals surface area contributed by atoms with E-state index in [1.54, 1.807) is 25.7 Å². The summed E-state index contributed by atoms with van der Waals surface area (Å²) >= 11 is 0. The van der Waals surface area contributed by atoms with Crippen molar-refractivity contribution < 1.29 is 32.5 Å². The Balaban J connectivity index is 2.42. The quantitative estimate of drug-likeness (QED) is 0.798. The minimum atomic E-state index is -5.07. The van der Waals surface area contributed by atoms with Gasteiger partial charge in [0.25, 0.3) is 5.60 Å². The van der Waals surface area contributed by atoms with Crippen molar-refractivity contribution in [2.75, 3.05) is 13.7 Å². The molecule has 0 unspecified atom stereocenters. The molecule has 0 amide bonds. The molecule has 2 atom stereocenters. The summed E-state index contributed by atoms with van der Waals surface area (Å²) < 4.78 is 51.3. The van der Waals surface area contributed by atoms with Gasteiger partial charge in [0.15, 0.2) is 0 Å². The van der Waals surface area contributed by atoms with Gasteiger partial charge < -0.3 is 14.6 Å². The molecule has 135 valence electrons. The van der Waals surface area contributed by atoms with E-state index in [1.807, 2.05) is 0 Å². The number of aliphatic hydroxyl groups excluding tert-OH is 1. The Labute approximate surface area is 144 Å². The summed E-state index contributed by atoms with van der Waals surface area (Å²) in [6, 6.07) is 6.52. The van der Waals surface area contributed by atoms with E-state index in [0.717, 1.165) is 19.2 Å². The Morgan fingerprint density at radius 3 is 2.12 bits per heavy atom. The van der Waals surface area contributed by atoms with Gasteiger partial charge in [-0.25, -0.2) is 4.79 Å². The van der Waals surface area contributed by atoms with Crippen molar-refractivity contribution in [1.82, 2.24) is 0 Å². The van der Waals surface area contributed by atoms with E-state index in [1.165, 1.54) is 25.1 Å². The third-order valence-corrected chi connectivity index (χ3v) is 4.07. The zero-order chi connectivity index (χ0) is 18.7. The van der Waals surface area contributed by atoms with Crippen molar-refractivity contribution in [1.29, 1.82) is 0 Å². The lowest BCUT2D eigenvalue weighted by atomic mass is 9.87. The molecule has 1 aromatic rings. The molecule has 1 saturated carbocycles. The van der Waals surface area contributed by atoms with Crippen LogP contribution in [0.4, 0.5) is 13.2 Å². The van der Waals surface area contributed by atoms with Crippen LogP contribution in [0.5, 0.6) is 0 Å². The van der Waals surface area contributed by atoms with Crippen LogP contribution in [0.1, 0.15) is 12.5 Å². The van der Waals surface area contributed by atoms with Crippen LogP contribution < -0.4 is 0 Å². The van der Waals surface area contributed by atoms with E-state index < -0.39 is 35.5 Å². The zero-order valence-electron chi connectivity index (χ0n) is 13.7. The average Bonchev–Trinajstić information content (AvgIpc) is 3.10. The molecule has 0 heterocycles. The predicted octanol–water partition coefficient (Wildman–Crippen LogP) is 2.79. The molecule has 4 nitrogen and oxygen atoms in total. The first-order chi connectivity index (χ1) is 11.7. The Morgan fingerprint density at radius 1 is 1.12 bits per heavy atom. The van der Waals surface area contributed by atoms with Crippen LogP contribution in [-0.2, 0) is 19.9 Å². The Bertz CT molecular complexity index is 584. The molecule has 7 heteroatoms. The van der Waals surface area contributed by atoms with E-state index in [9.17, 15) is 23.1 Å². The average molecular weight is 355 g/mol. The lowest BCUT2D eigenvalue weighted by Crippen LogP contribution is -2.55. The van der Waals surface area contributed by atoms with E-state index in [0.29, 0.717) is 5.92 Å². The van der Waals surface area contributed by atoms with Gasteiger partial charge in [-0.05, 0) is 32.6 Å². The van der Waals surface area contributed by atoms with E-state index in [4.69, 9.17) is 4.74 Å². The fourth-order valence-corrected chi connectivity index (χ4v) is 2.57. The number of rotatable bonds is 6. The third-order valence-electron chi connectivity index (χ3n) is 4.07. The van der Waals surface area contributed by atoms with E-state index in [2.05, 4.69) is 4.74 Å². The smallest absolute Gasteiger partial charge is 0.432 e. The first kappa shape index (κ1) is 19.7. The van der Waals surface area contributed by atoms with Crippen LogP contribution in [-0.4, -0.2) is 36.6 Å². The number of hydrogen-bond acceptors (Lipinski definition) is 4. The summed E-state index contributed by atoms with van der Waals surface area (Å²) in [5.41, 5.74) is -5.33. The van der Waals surface area contributed by atoms with Gasteiger partial charge in [0.1, 0.15) is 5.60 Å². The molecule has 25 heavy (non-hydrogen) atoms. The number of carbonyl (C=O) groups excluding carboxylic acids is 1. The topological polar surface area (TPSA) is 55.8 Å². The molecule has 5 radical (unpaired) electrons. The van der Waals surface area contributed by atoms with Gasteiger partial charge in [-0.2, -0.15) is 13.2 Å². The molecule has 1 aliphatic rings. The Morgan fingerprint density at radius 2 is 1.68 bits per heavy atom. The molecular formula is C18H18F3O4. The van der Waals surface area contributed by atoms with Crippen LogP contribution in [0.15, 0.2) is 30.3 Å². The molecule has 0 bridgehead atoms. The largest absolute Gasteiger partial charge is 0.454 e. The summed E-state index contributed by atoms with van der Waals surface area (Å²) in [5.74, 6) is -1.27. The van der Waals surface area contributed by atoms with Gasteiger partial charge in [0.05, 0.1) is 6.61 Å². The minimum absolute atomic E-state index is 0.378. The molecule has 1 fully saturated rings. The summed E-state index contributed by atoms with van der Waals surface area (Å²) in [7, 11) is 0.792. The van der Waals surface area contributed by atoms with Crippen LogP contribution in [0, 0.1) is 31.6 Å². The number of methoxy groups -OCH3 is 1. The Kier molecular flexibility index (Phi) is 5.79. The van der Waals surface area contributed by atoms with Crippen molar-refractivity contribution in [3.8, 4) is 0 Å². The molecule has 1 aliphatic carbocycles. The summed E-state index contributed by atoms with van der Waals surface area (Å²) in [6.07, 6.45) is 1.29. The number of alkyl halides is 3. The zero-order valence-corrected chi connectivity index (χ0v) is 13.7. The first-order valence-corrected chi connectivity index (χ1v) is 7.45. The lowest BCUT2D eigenvalue weighted by molar-refractivity contribution is -0.281. The lowest BCUT2D eigenvalue weighted by Gasteiger charge is -2.38. The molecule has 0 spiro atoms. The van der Waals surface area contributed by atoms with Gasteiger partial charge in [0, 0.05) is 18.6 Å². The fourth-order valence-electron chi connectivity index (χ4n) is 2.57. The number of benzene rings is 1. The maximum absolute atomic E-state index is 13.8. The van der Waals surface area contributed by atoms with Gasteiger partial charge in [0.2, 0.25) is 0 Å². The highest BCUT2D eigenvalue weighted by atomic mass is 19.4. The molecular weight excluding hydrogens is 337 g/mol. The van der Waals surface area contributed by atoms with E-state index in [-0.39, 0.29) is 0 Å². The second-order valence-corrected chi connectivity index (χ2v) is 5.70. The highest BCUT2D eigenvalue weighted by Crippen LogP contribution is 2.45. The molecule has 1 aromatic carbocycles. The number of carbonyl (C=O) groups is 1. The fraction of sp³-hybridized carbons (Fsp3) is 0.333. The maximum atomic E-state index is 13.8. The van der Waals surface area contributed by atoms with Gasteiger partial charge in [-0.3, -0.25) is 0 Å². The van der Waals surface area contributed by atoms with Gasteiger partial charge >= 0.3 is 12.1 Å². The van der Waals surface area contributed by atoms with Crippen molar-refractivity contribution >= 4 is 5.97 Å². The highest BCUT2D eigenvalue weighted by molar-refractivity contribution is 5.83. The van der Waals surface area contributed by atoms with Crippen LogP contribution in [0.25, 0.3) is 0 Å². The number of esters is 1. The van der Waals surface area contributed by atoms with Crippen LogP contribution in [0.2, 0.25) is 0 Å². The standard InChI is InChI=1S/C18H18F3O4/c1-16(12-22,13-8-6-7-9-13)25-15(23)17(24-2,18(19,20)21)14-10-4-3-5-11-14/h3-11,22H,12H2,1-2H3/t16-,17-/m0/s1. The summed E-state index contributed by atoms with van der Waals surface area (Å²) in [4.78, 5) is 12.6. The molecule has 0 aromatic heterocycles. The SMILES string of the molecule is CO[C@](C(=O)O[C@@](C)(CO)[C]1[CH][CH][CH][CH]1)(c1ccccc1)C(F)(F)F. The third kappa shape index (κ3) is 3.53. The second-order valence-electron chi connectivity index (χ2n) is 5.70. The Hall–Kier alpha value is -1.60. The molecule has 1 N–H and O–H groups in total. The summed E-state index contributed by atoms with van der Waals surface area (Å²) in [6.45, 7) is 0.650. The molecule has 0 saturated heterocycles. The predicted molar refractivity (Wildman–Crippen MR) is 83.2 cm³/mol. The van der Waals surface area contributed by atoms with Crippen LogP contribution >= 0.6 is 0 Å². The van der Waals surface area contributed by atoms with Crippen molar-refractivity contribution in [2.45, 2.75) is 24.3 Å². The van der Waals surface area contributed by atoms with Crippen molar-refractivity contribution in [3.05, 3.63) is 67.5 Å². The van der Waals surface area contributed by atoms with Gasteiger partial charge in [-0.15, -0.1) is 0 Å². The number of halogens is 3. The van der Waals surface area contributed by atoms with Crippen molar-refractivity contribution in [3.63, 3.8) is 0 Å². The number of hydrogen-bond donors (Lipinski definition) is 1. The summed E-state index contributed by atoms with van der Waals surface area (Å²) in [5, 5.41) is 9.62. The maximum Gasteiger partial charge on any atom is 0.432 e. The number of aliphatic hydroxyl groups is 1. The highest BCUT2D eigenvalue weighted by Gasteiger charge is 2.65. The first-order valence-electron chi connectivity index (χ1n) is 7.45. The van der Waals surface area contributed by atoms with E-state index >= 15 is 0 Å². The normalized spacial score (nSPS) is 20.7. The number of ether oxygens (including phenoxy) is 2. The van der Waals surface area contributed by atoms with Gasteiger partial charge in [-0.1, -0.05) is 30.3 Å². The monoisotopic (exact) mass is 355 g/mol. The minimum Gasteiger partial charge on any atom is -0.454 e. The molecule has 0 aliphatic heterocycles. The van der Waals surface area contributed by atoms with Crippen molar-refractivity contribution in [2.24, 2.45) is 0 Å². The molecule has 2 rings (SSSR count). The second kappa shape index (κ2) is 7.33.